The van der Waals surface area contributed by atoms with Gasteiger partial charge in [-0.05, 0) is 41.6 Å². The Morgan fingerprint density at radius 2 is 1.93 bits per heavy atom. The fourth-order valence-electron chi connectivity index (χ4n) is 2.87. The molecule has 0 aliphatic heterocycles. The van der Waals surface area contributed by atoms with Crippen molar-refractivity contribution < 1.29 is 9.47 Å². The monoisotopic (exact) mass is 427 g/mol. The van der Waals surface area contributed by atoms with Crippen molar-refractivity contribution >= 4 is 11.6 Å². The Labute approximate surface area is 176 Å². The van der Waals surface area contributed by atoms with Crippen molar-refractivity contribution in [3.8, 4) is 23.1 Å². The lowest BCUT2D eigenvalue weighted by Gasteiger charge is -2.11. The Morgan fingerprint density at radius 1 is 1.10 bits per heavy atom. The topological polar surface area (TPSA) is 102 Å². The number of nitrogens with zero attached hydrogens (tertiary/aromatic N) is 7. The molecule has 154 valence electrons. The molecule has 0 spiro atoms. The molecule has 3 heterocycles. The van der Waals surface area contributed by atoms with E-state index in [2.05, 4.69) is 20.5 Å². The van der Waals surface area contributed by atoms with Crippen LogP contribution in [0.15, 0.2) is 47.4 Å². The van der Waals surface area contributed by atoms with Gasteiger partial charge in [-0.25, -0.2) is 14.5 Å². The first-order valence-corrected chi connectivity index (χ1v) is 9.33. The van der Waals surface area contributed by atoms with E-state index in [1.165, 1.54) is 11.7 Å². The van der Waals surface area contributed by atoms with E-state index in [0.717, 1.165) is 10.4 Å². The minimum atomic E-state index is -0.387. The molecule has 0 N–H and O–H groups in total. The lowest BCUT2D eigenvalue weighted by Crippen LogP contribution is -2.23. The molecule has 0 unspecified atom stereocenters. The zero-order valence-corrected chi connectivity index (χ0v) is 17.2. The average molecular weight is 428 g/mol. The SMILES string of the molecule is COc1nc(C)ccc1-n1ccc(OCc2c(Cl)cccc2-n2nnn(C)c2=O)n1. The van der Waals surface area contributed by atoms with Gasteiger partial charge in [0.05, 0.1) is 12.8 Å². The van der Waals surface area contributed by atoms with E-state index < -0.39 is 0 Å². The number of benzene rings is 1. The standard InChI is InChI=1S/C19H18ClN7O3/c1-12-7-8-16(18(21-12)29-3)26-10-9-17(22-26)30-11-13-14(20)5-4-6-15(13)27-19(28)25(2)23-24-27/h4-10H,11H2,1-3H3. The Balaban J connectivity index is 1.60. The summed E-state index contributed by atoms with van der Waals surface area (Å²) in [6.45, 7) is 1.96. The first kappa shape index (κ1) is 19.6. The van der Waals surface area contributed by atoms with E-state index in [4.69, 9.17) is 21.1 Å². The van der Waals surface area contributed by atoms with Gasteiger partial charge in [-0.1, -0.05) is 17.7 Å². The first-order valence-electron chi connectivity index (χ1n) is 8.95. The van der Waals surface area contributed by atoms with Gasteiger partial charge >= 0.3 is 5.69 Å². The van der Waals surface area contributed by atoms with Gasteiger partial charge < -0.3 is 9.47 Å². The maximum atomic E-state index is 12.2. The van der Waals surface area contributed by atoms with Crippen LogP contribution in [0.3, 0.4) is 0 Å². The van der Waals surface area contributed by atoms with Crippen LogP contribution >= 0.6 is 11.6 Å². The molecule has 1 aromatic carbocycles. The highest BCUT2D eigenvalue weighted by atomic mass is 35.5. The molecule has 10 nitrogen and oxygen atoms in total. The highest BCUT2D eigenvalue weighted by molar-refractivity contribution is 6.31. The van der Waals surface area contributed by atoms with Crippen molar-refractivity contribution in [1.29, 1.82) is 0 Å². The average Bonchev–Trinajstić information content (AvgIpc) is 3.34. The Hall–Kier alpha value is -3.66. The zero-order valence-electron chi connectivity index (χ0n) is 16.5. The van der Waals surface area contributed by atoms with Crippen LogP contribution in [0.25, 0.3) is 11.4 Å². The number of halogens is 1. The lowest BCUT2D eigenvalue weighted by molar-refractivity contribution is 0.291. The highest BCUT2D eigenvalue weighted by Gasteiger charge is 2.15. The second-order valence-electron chi connectivity index (χ2n) is 6.40. The third kappa shape index (κ3) is 3.64. The third-order valence-corrected chi connectivity index (χ3v) is 4.75. The van der Waals surface area contributed by atoms with Crippen LogP contribution in [0.2, 0.25) is 5.02 Å². The summed E-state index contributed by atoms with van der Waals surface area (Å²) in [6, 6.07) is 10.6. The van der Waals surface area contributed by atoms with Crippen LogP contribution in [0.1, 0.15) is 11.3 Å². The number of aryl methyl sites for hydroxylation is 2. The zero-order chi connectivity index (χ0) is 21.3. The Bertz CT molecular complexity index is 1260. The molecule has 11 heteroatoms. The van der Waals surface area contributed by atoms with E-state index >= 15 is 0 Å². The van der Waals surface area contributed by atoms with Crippen molar-refractivity contribution in [3.63, 3.8) is 0 Å². The molecule has 0 bridgehead atoms. The fourth-order valence-corrected chi connectivity index (χ4v) is 3.09. The summed E-state index contributed by atoms with van der Waals surface area (Å²) in [5, 5.41) is 12.5. The van der Waals surface area contributed by atoms with Crippen LogP contribution in [0.5, 0.6) is 11.8 Å². The number of tetrazole rings is 1. The molecule has 0 radical (unpaired) electrons. The molecule has 0 amide bonds. The molecule has 3 aromatic heterocycles. The van der Waals surface area contributed by atoms with Crippen molar-refractivity contribution in [1.82, 2.24) is 34.6 Å². The number of aromatic nitrogens is 7. The first-order chi connectivity index (χ1) is 14.5. The number of methoxy groups -OCH3 is 1. The normalized spacial score (nSPS) is 10.9. The van der Waals surface area contributed by atoms with E-state index in [1.807, 2.05) is 19.1 Å². The van der Waals surface area contributed by atoms with Gasteiger partial charge in [0.25, 0.3) is 0 Å². The molecule has 0 atom stereocenters. The largest absolute Gasteiger partial charge is 0.479 e. The number of rotatable bonds is 6. The van der Waals surface area contributed by atoms with Gasteiger partial charge in [0.1, 0.15) is 12.3 Å². The van der Waals surface area contributed by atoms with Gasteiger partial charge in [-0.2, -0.15) is 9.36 Å². The smallest absolute Gasteiger partial charge is 0.368 e. The van der Waals surface area contributed by atoms with Crippen LogP contribution in [-0.4, -0.2) is 41.7 Å². The van der Waals surface area contributed by atoms with Gasteiger partial charge in [0, 0.05) is 35.6 Å². The van der Waals surface area contributed by atoms with Gasteiger partial charge in [0.2, 0.25) is 11.8 Å². The Morgan fingerprint density at radius 3 is 2.67 bits per heavy atom. The summed E-state index contributed by atoms with van der Waals surface area (Å²) < 4.78 is 15.1. The van der Waals surface area contributed by atoms with Crippen molar-refractivity contribution in [2.24, 2.45) is 7.05 Å². The second-order valence-corrected chi connectivity index (χ2v) is 6.81. The van der Waals surface area contributed by atoms with Gasteiger partial charge in [-0.15, -0.1) is 5.10 Å². The van der Waals surface area contributed by atoms with Crippen molar-refractivity contribution in [2.75, 3.05) is 7.11 Å². The Kier molecular flexibility index (Phi) is 5.23. The quantitative estimate of drug-likeness (QED) is 0.464. The molecular formula is C19H18ClN7O3. The van der Waals surface area contributed by atoms with E-state index in [9.17, 15) is 4.79 Å². The number of hydrogen-bond donors (Lipinski definition) is 0. The maximum Gasteiger partial charge on any atom is 0.368 e. The number of hydrogen-bond acceptors (Lipinski definition) is 7. The molecule has 4 rings (SSSR count). The molecule has 0 aliphatic rings. The molecule has 0 saturated carbocycles. The van der Waals surface area contributed by atoms with E-state index in [0.29, 0.717) is 33.7 Å². The summed E-state index contributed by atoms with van der Waals surface area (Å²) in [5.74, 6) is 0.829. The molecule has 0 saturated heterocycles. The van der Waals surface area contributed by atoms with Crippen LogP contribution in [0.4, 0.5) is 0 Å². The maximum absolute atomic E-state index is 12.2. The van der Waals surface area contributed by atoms with Crippen LogP contribution in [-0.2, 0) is 13.7 Å². The van der Waals surface area contributed by atoms with Crippen LogP contribution in [0, 0.1) is 6.92 Å². The minimum absolute atomic E-state index is 0.0817. The summed E-state index contributed by atoms with van der Waals surface area (Å²) in [6.07, 6.45) is 1.74. The van der Waals surface area contributed by atoms with E-state index in [-0.39, 0.29) is 12.3 Å². The summed E-state index contributed by atoms with van der Waals surface area (Å²) in [5.41, 5.74) is 2.21. The summed E-state index contributed by atoms with van der Waals surface area (Å²) in [4.78, 5) is 16.6. The van der Waals surface area contributed by atoms with Gasteiger partial charge in [-0.3, -0.25) is 0 Å². The van der Waals surface area contributed by atoms with Crippen molar-refractivity contribution in [2.45, 2.75) is 13.5 Å². The third-order valence-electron chi connectivity index (χ3n) is 4.39. The van der Waals surface area contributed by atoms with Crippen molar-refractivity contribution in [3.05, 3.63) is 69.4 Å². The fraction of sp³-hybridized carbons (Fsp3) is 0.211. The summed E-state index contributed by atoms with van der Waals surface area (Å²) in [7, 11) is 3.08. The molecule has 0 aliphatic carbocycles. The molecular weight excluding hydrogens is 410 g/mol. The predicted octanol–water partition coefficient (Wildman–Crippen LogP) is 2.10. The highest BCUT2D eigenvalue weighted by Crippen LogP contribution is 2.25. The minimum Gasteiger partial charge on any atom is -0.479 e. The lowest BCUT2D eigenvalue weighted by atomic mass is 10.2. The van der Waals surface area contributed by atoms with Crippen LogP contribution < -0.4 is 15.2 Å². The molecule has 0 fully saturated rings. The van der Waals surface area contributed by atoms with E-state index in [1.54, 1.807) is 42.3 Å². The summed E-state index contributed by atoms with van der Waals surface area (Å²) >= 11 is 6.36. The number of ether oxygens (including phenoxy) is 2. The molecule has 4 aromatic rings. The predicted molar refractivity (Wildman–Crippen MR) is 109 cm³/mol. The van der Waals surface area contributed by atoms with Gasteiger partial charge in [0.15, 0.2) is 0 Å². The molecule has 30 heavy (non-hydrogen) atoms. The number of pyridine rings is 1. The second kappa shape index (κ2) is 7.99.